The van der Waals surface area contributed by atoms with Crippen LogP contribution in [0.1, 0.15) is 26.3 Å². The lowest BCUT2D eigenvalue weighted by atomic mass is 10.1. The summed E-state index contributed by atoms with van der Waals surface area (Å²) in [6, 6.07) is 5.34. The van der Waals surface area contributed by atoms with E-state index < -0.39 is 0 Å². The fourth-order valence-electron chi connectivity index (χ4n) is 1.20. The summed E-state index contributed by atoms with van der Waals surface area (Å²) in [7, 11) is 0. The molecule has 0 bridgehead atoms. The van der Waals surface area contributed by atoms with Gasteiger partial charge in [-0.3, -0.25) is 0 Å². The molecule has 0 atom stereocenters. The number of hydrogen-bond donors (Lipinski definition) is 1. The zero-order valence-corrected chi connectivity index (χ0v) is 9.75. The molecule has 0 radical (unpaired) electrons. The van der Waals surface area contributed by atoms with E-state index in [1.54, 1.807) is 25.1 Å². The average Bonchev–Trinajstić information content (AvgIpc) is 2.19. The van der Waals surface area contributed by atoms with E-state index >= 15 is 0 Å². The molecule has 1 rings (SSSR count). The van der Waals surface area contributed by atoms with Crippen molar-refractivity contribution in [1.29, 1.82) is 0 Å². The van der Waals surface area contributed by atoms with E-state index in [1.807, 2.05) is 13.8 Å². The Morgan fingerprint density at radius 1 is 1.47 bits per heavy atom. The van der Waals surface area contributed by atoms with Crippen molar-refractivity contribution in [2.45, 2.75) is 26.9 Å². The van der Waals surface area contributed by atoms with E-state index in [2.05, 4.69) is 5.16 Å². The van der Waals surface area contributed by atoms with Gasteiger partial charge in [-0.2, -0.15) is 0 Å². The molecule has 0 aliphatic rings. The van der Waals surface area contributed by atoms with Crippen molar-refractivity contribution in [2.75, 3.05) is 0 Å². The Kier molecular flexibility index (Phi) is 3.97. The van der Waals surface area contributed by atoms with Crippen molar-refractivity contribution in [3.05, 3.63) is 28.8 Å². The normalized spacial score (nSPS) is 11.9. The highest BCUT2D eigenvalue weighted by molar-refractivity contribution is 6.32. The minimum atomic E-state index is 0.0233. The maximum absolute atomic E-state index is 8.73. The number of oxime groups is 1. The van der Waals surface area contributed by atoms with Gasteiger partial charge in [0.25, 0.3) is 0 Å². The lowest BCUT2D eigenvalue weighted by Crippen LogP contribution is -2.09. The fraction of sp³-hybridized carbons (Fsp3) is 0.364. The van der Waals surface area contributed by atoms with Gasteiger partial charge in [-0.25, -0.2) is 0 Å². The molecule has 0 saturated carbocycles. The van der Waals surface area contributed by atoms with Gasteiger partial charge in [-0.05, 0) is 32.9 Å². The summed E-state index contributed by atoms with van der Waals surface area (Å²) >= 11 is 6.01. The first-order chi connectivity index (χ1) is 7.06. The first-order valence-electron chi connectivity index (χ1n) is 4.70. The fourth-order valence-corrected chi connectivity index (χ4v) is 1.42. The summed E-state index contributed by atoms with van der Waals surface area (Å²) < 4.78 is 5.58. The first kappa shape index (κ1) is 11.9. The molecule has 0 fully saturated rings. The molecule has 1 aromatic carbocycles. The second-order valence-electron chi connectivity index (χ2n) is 3.47. The molecule has 4 heteroatoms. The maximum atomic E-state index is 8.73. The lowest BCUT2D eigenvalue weighted by Gasteiger charge is -2.14. The van der Waals surface area contributed by atoms with E-state index in [0.29, 0.717) is 22.0 Å². The molecule has 0 spiro atoms. The third kappa shape index (κ3) is 2.86. The van der Waals surface area contributed by atoms with Gasteiger partial charge >= 0.3 is 0 Å². The molecule has 0 amide bonds. The Morgan fingerprint density at radius 3 is 2.67 bits per heavy atom. The largest absolute Gasteiger partial charge is 0.489 e. The first-order valence-corrected chi connectivity index (χ1v) is 5.08. The zero-order valence-electron chi connectivity index (χ0n) is 8.99. The van der Waals surface area contributed by atoms with Crippen LogP contribution in [0, 0.1) is 0 Å². The average molecular weight is 228 g/mol. The van der Waals surface area contributed by atoms with Crippen LogP contribution in [0.15, 0.2) is 23.4 Å². The molecule has 15 heavy (non-hydrogen) atoms. The Bertz CT molecular complexity index is 375. The number of para-hydroxylation sites is 1. The molecule has 1 aromatic rings. The Labute approximate surface area is 94.3 Å². The van der Waals surface area contributed by atoms with Crippen LogP contribution in [0.25, 0.3) is 0 Å². The SMILES string of the molecule is C/C(=N\O)c1cccc(Cl)c1OC(C)C. The third-order valence-electron chi connectivity index (χ3n) is 1.86. The molecule has 82 valence electrons. The number of benzene rings is 1. The van der Waals surface area contributed by atoms with Gasteiger partial charge in [0.2, 0.25) is 0 Å². The topological polar surface area (TPSA) is 41.8 Å². The highest BCUT2D eigenvalue weighted by atomic mass is 35.5. The van der Waals surface area contributed by atoms with E-state index in [0.717, 1.165) is 0 Å². The van der Waals surface area contributed by atoms with Crippen LogP contribution in [0.5, 0.6) is 5.75 Å². The molecule has 0 heterocycles. The van der Waals surface area contributed by atoms with Crippen molar-refractivity contribution in [1.82, 2.24) is 0 Å². The molecule has 0 saturated heterocycles. The third-order valence-corrected chi connectivity index (χ3v) is 2.16. The van der Waals surface area contributed by atoms with Crippen LogP contribution in [0.4, 0.5) is 0 Å². The summed E-state index contributed by atoms with van der Waals surface area (Å²) in [5, 5.41) is 12.4. The second-order valence-corrected chi connectivity index (χ2v) is 3.88. The van der Waals surface area contributed by atoms with Gasteiger partial charge in [-0.15, -0.1) is 0 Å². The number of hydrogen-bond acceptors (Lipinski definition) is 3. The smallest absolute Gasteiger partial charge is 0.147 e. The van der Waals surface area contributed by atoms with Crippen molar-refractivity contribution >= 4 is 17.3 Å². The quantitative estimate of drug-likeness (QED) is 0.489. The maximum Gasteiger partial charge on any atom is 0.147 e. The summed E-state index contributed by atoms with van der Waals surface area (Å²) in [5.74, 6) is 0.560. The standard InChI is InChI=1S/C11H14ClNO2/c1-7(2)15-11-9(8(3)13-14)5-4-6-10(11)12/h4-7,14H,1-3H3/b13-8+. The van der Waals surface area contributed by atoms with Crippen LogP contribution >= 0.6 is 11.6 Å². The summed E-state index contributed by atoms with van der Waals surface area (Å²) in [4.78, 5) is 0. The molecular weight excluding hydrogens is 214 g/mol. The van der Waals surface area contributed by atoms with E-state index in [1.165, 1.54) is 0 Å². The summed E-state index contributed by atoms with van der Waals surface area (Å²) in [5.41, 5.74) is 1.19. The molecule has 0 aliphatic carbocycles. The van der Waals surface area contributed by atoms with Crippen LogP contribution in [0.2, 0.25) is 5.02 Å². The number of nitrogens with zero attached hydrogens (tertiary/aromatic N) is 1. The molecule has 0 aromatic heterocycles. The molecule has 0 unspecified atom stereocenters. The molecular formula is C11H14ClNO2. The van der Waals surface area contributed by atoms with Gasteiger partial charge in [0, 0.05) is 5.56 Å². The Morgan fingerprint density at radius 2 is 2.13 bits per heavy atom. The van der Waals surface area contributed by atoms with Gasteiger partial charge in [0.1, 0.15) is 5.75 Å². The van der Waals surface area contributed by atoms with Crippen molar-refractivity contribution in [2.24, 2.45) is 5.16 Å². The van der Waals surface area contributed by atoms with Gasteiger partial charge in [-0.1, -0.05) is 22.8 Å². The summed E-state index contributed by atoms with van der Waals surface area (Å²) in [6.07, 6.45) is 0.0233. The van der Waals surface area contributed by atoms with E-state index in [-0.39, 0.29) is 6.10 Å². The number of ether oxygens (including phenoxy) is 1. The molecule has 3 nitrogen and oxygen atoms in total. The van der Waals surface area contributed by atoms with Crippen molar-refractivity contribution in [3.8, 4) is 5.75 Å². The van der Waals surface area contributed by atoms with Crippen LogP contribution in [-0.4, -0.2) is 17.0 Å². The van der Waals surface area contributed by atoms with E-state index in [4.69, 9.17) is 21.5 Å². The Balaban J connectivity index is 3.20. The summed E-state index contributed by atoms with van der Waals surface area (Å²) in [6.45, 7) is 5.52. The van der Waals surface area contributed by atoms with E-state index in [9.17, 15) is 0 Å². The number of rotatable bonds is 3. The second kappa shape index (κ2) is 5.03. The predicted octanol–water partition coefficient (Wildman–Crippen LogP) is 3.33. The minimum Gasteiger partial charge on any atom is -0.489 e. The van der Waals surface area contributed by atoms with Crippen LogP contribution in [0.3, 0.4) is 0 Å². The lowest BCUT2D eigenvalue weighted by molar-refractivity contribution is 0.242. The van der Waals surface area contributed by atoms with Gasteiger partial charge < -0.3 is 9.94 Å². The minimum absolute atomic E-state index is 0.0233. The van der Waals surface area contributed by atoms with Gasteiger partial charge in [0.05, 0.1) is 16.8 Å². The predicted molar refractivity (Wildman–Crippen MR) is 61.2 cm³/mol. The van der Waals surface area contributed by atoms with Crippen LogP contribution < -0.4 is 4.74 Å². The molecule has 0 aliphatic heterocycles. The van der Waals surface area contributed by atoms with Crippen molar-refractivity contribution < 1.29 is 9.94 Å². The van der Waals surface area contributed by atoms with Crippen LogP contribution in [-0.2, 0) is 0 Å². The number of halogens is 1. The highest BCUT2D eigenvalue weighted by Gasteiger charge is 2.12. The zero-order chi connectivity index (χ0) is 11.4. The van der Waals surface area contributed by atoms with Gasteiger partial charge in [0.15, 0.2) is 0 Å². The monoisotopic (exact) mass is 227 g/mol. The van der Waals surface area contributed by atoms with Crippen molar-refractivity contribution in [3.63, 3.8) is 0 Å². The highest BCUT2D eigenvalue weighted by Crippen LogP contribution is 2.30. The Hall–Kier alpha value is -1.22. The molecule has 1 N–H and O–H groups in total.